The summed E-state index contributed by atoms with van der Waals surface area (Å²) in [6.07, 6.45) is 2.55. The standard InChI is InChI=1S/C16H23N5O2S/c1-11-9-23-19-15(11)18-16(22)21-5-4-13(7-21)6-20(3)8-14-12(2)17-10-24-14/h9-10,13H,4-8H2,1-3H3,(H,18,19,22). The van der Waals surface area contributed by atoms with E-state index in [9.17, 15) is 4.79 Å². The summed E-state index contributed by atoms with van der Waals surface area (Å²) in [4.78, 5) is 22.1. The summed E-state index contributed by atoms with van der Waals surface area (Å²) in [5.41, 5.74) is 3.84. The molecular weight excluding hydrogens is 326 g/mol. The number of carbonyl (C=O) groups excluding carboxylic acids is 1. The van der Waals surface area contributed by atoms with Crippen LogP contribution in [0.15, 0.2) is 16.3 Å². The van der Waals surface area contributed by atoms with Crippen molar-refractivity contribution in [2.45, 2.75) is 26.8 Å². The molecular formula is C16H23N5O2S. The number of nitrogens with one attached hydrogen (secondary N) is 1. The van der Waals surface area contributed by atoms with E-state index in [1.54, 1.807) is 11.3 Å². The highest BCUT2D eigenvalue weighted by molar-refractivity contribution is 7.09. The van der Waals surface area contributed by atoms with Gasteiger partial charge in [0.2, 0.25) is 0 Å². The van der Waals surface area contributed by atoms with Crippen LogP contribution in [0, 0.1) is 19.8 Å². The summed E-state index contributed by atoms with van der Waals surface area (Å²) in [5, 5.41) is 6.61. The third kappa shape index (κ3) is 3.93. The minimum atomic E-state index is -0.101. The molecule has 0 aromatic carbocycles. The molecule has 2 aromatic heterocycles. The van der Waals surface area contributed by atoms with Crippen LogP contribution in [0.1, 0.15) is 22.6 Å². The first-order valence-corrected chi connectivity index (χ1v) is 8.95. The van der Waals surface area contributed by atoms with Gasteiger partial charge in [0.15, 0.2) is 5.82 Å². The molecule has 2 amide bonds. The number of rotatable bonds is 5. The molecule has 1 aliphatic heterocycles. The van der Waals surface area contributed by atoms with Gasteiger partial charge in [-0.3, -0.25) is 5.32 Å². The van der Waals surface area contributed by atoms with Crippen molar-refractivity contribution in [1.82, 2.24) is 19.9 Å². The van der Waals surface area contributed by atoms with E-state index < -0.39 is 0 Å². The highest BCUT2D eigenvalue weighted by atomic mass is 32.1. The monoisotopic (exact) mass is 349 g/mol. The Bertz CT molecular complexity index is 698. The fourth-order valence-corrected chi connectivity index (χ4v) is 3.84. The van der Waals surface area contributed by atoms with Gasteiger partial charge < -0.3 is 14.3 Å². The molecule has 1 saturated heterocycles. The van der Waals surface area contributed by atoms with Gasteiger partial charge in [-0.25, -0.2) is 9.78 Å². The number of carbonyl (C=O) groups is 1. The number of anilines is 1. The van der Waals surface area contributed by atoms with Gasteiger partial charge in [-0.15, -0.1) is 11.3 Å². The van der Waals surface area contributed by atoms with E-state index in [1.807, 2.05) is 24.3 Å². The fourth-order valence-electron chi connectivity index (χ4n) is 2.98. The lowest BCUT2D eigenvalue weighted by atomic mass is 10.1. The second kappa shape index (κ2) is 7.31. The molecule has 0 bridgehead atoms. The van der Waals surface area contributed by atoms with Crippen molar-refractivity contribution in [3.63, 3.8) is 0 Å². The minimum Gasteiger partial charge on any atom is -0.362 e. The summed E-state index contributed by atoms with van der Waals surface area (Å²) in [6, 6.07) is -0.101. The van der Waals surface area contributed by atoms with Gasteiger partial charge in [0.05, 0.1) is 11.2 Å². The fraction of sp³-hybridized carbons (Fsp3) is 0.562. The molecule has 0 radical (unpaired) electrons. The van der Waals surface area contributed by atoms with Crippen LogP contribution in [0.5, 0.6) is 0 Å². The predicted molar refractivity (Wildman–Crippen MR) is 93.1 cm³/mol. The first-order chi connectivity index (χ1) is 11.5. The molecule has 8 heteroatoms. The molecule has 3 heterocycles. The predicted octanol–water partition coefficient (Wildman–Crippen LogP) is 2.73. The van der Waals surface area contributed by atoms with Crippen LogP contribution in [0.4, 0.5) is 10.6 Å². The van der Waals surface area contributed by atoms with Gasteiger partial charge in [-0.1, -0.05) is 5.16 Å². The van der Waals surface area contributed by atoms with Crippen molar-refractivity contribution >= 4 is 23.2 Å². The molecule has 0 saturated carbocycles. The van der Waals surface area contributed by atoms with Crippen LogP contribution in [-0.4, -0.2) is 52.7 Å². The lowest BCUT2D eigenvalue weighted by molar-refractivity contribution is 0.216. The van der Waals surface area contributed by atoms with E-state index in [0.717, 1.165) is 43.9 Å². The van der Waals surface area contributed by atoms with Gasteiger partial charge in [0.25, 0.3) is 0 Å². The highest BCUT2D eigenvalue weighted by Crippen LogP contribution is 2.21. The molecule has 1 unspecified atom stereocenters. The third-order valence-electron chi connectivity index (χ3n) is 4.37. The maximum Gasteiger partial charge on any atom is 0.323 e. The van der Waals surface area contributed by atoms with Crippen molar-refractivity contribution in [3.05, 3.63) is 27.9 Å². The summed E-state index contributed by atoms with van der Waals surface area (Å²) in [7, 11) is 2.13. The molecule has 1 atom stereocenters. The van der Waals surface area contributed by atoms with E-state index in [1.165, 1.54) is 11.1 Å². The maximum atomic E-state index is 12.3. The van der Waals surface area contributed by atoms with Crippen LogP contribution in [-0.2, 0) is 6.54 Å². The number of hydrogen-bond donors (Lipinski definition) is 1. The van der Waals surface area contributed by atoms with Gasteiger partial charge in [0.1, 0.15) is 6.26 Å². The third-order valence-corrected chi connectivity index (χ3v) is 5.29. The summed E-state index contributed by atoms with van der Waals surface area (Å²) < 4.78 is 4.85. The Balaban J connectivity index is 1.47. The molecule has 0 aliphatic carbocycles. The number of nitrogens with zero attached hydrogens (tertiary/aromatic N) is 4. The van der Waals surface area contributed by atoms with Crippen LogP contribution in [0.25, 0.3) is 0 Å². The zero-order valence-electron chi connectivity index (χ0n) is 14.3. The van der Waals surface area contributed by atoms with E-state index in [2.05, 4.69) is 27.4 Å². The van der Waals surface area contributed by atoms with E-state index in [-0.39, 0.29) is 6.03 Å². The maximum absolute atomic E-state index is 12.3. The molecule has 0 spiro atoms. The summed E-state index contributed by atoms with van der Waals surface area (Å²) in [5.74, 6) is 0.994. The average molecular weight is 349 g/mol. The molecule has 2 aromatic rings. The topological polar surface area (TPSA) is 74.5 Å². The number of aromatic nitrogens is 2. The quantitative estimate of drug-likeness (QED) is 0.898. The van der Waals surface area contributed by atoms with Gasteiger partial charge in [-0.2, -0.15) is 0 Å². The zero-order chi connectivity index (χ0) is 17.1. The molecule has 7 nitrogen and oxygen atoms in total. The molecule has 1 aliphatic rings. The number of thiazole rings is 1. The van der Waals surface area contributed by atoms with Crippen molar-refractivity contribution in [2.75, 3.05) is 32.0 Å². The first kappa shape index (κ1) is 16.9. The normalized spacial score (nSPS) is 17.7. The van der Waals surface area contributed by atoms with Crippen LogP contribution in [0.2, 0.25) is 0 Å². The Morgan fingerprint density at radius 1 is 1.54 bits per heavy atom. The number of amides is 2. The van der Waals surface area contributed by atoms with Crippen molar-refractivity contribution in [1.29, 1.82) is 0 Å². The Morgan fingerprint density at radius 2 is 2.38 bits per heavy atom. The first-order valence-electron chi connectivity index (χ1n) is 8.07. The van der Waals surface area contributed by atoms with Crippen LogP contribution < -0.4 is 5.32 Å². The SMILES string of the molecule is Cc1conc1NC(=O)N1CCC(CN(C)Cc2scnc2C)C1. The Labute approximate surface area is 145 Å². The lowest BCUT2D eigenvalue weighted by Gasteiger charge is -2.21. The van der Waals surface area contributed by atoms with E-state index in [4.69, 9.17) is 4.52 Å². The average Bonchev–Trinajstić information content (AvgIpc) is 3.24. The van der Waals surface area contributed by atoms with E-state index >= 15 is 0 Å². The second-order valence-corrected chi connectivity index (χ2v) is 7.37. The smallest absolute Gasteiger partial charge is 0.323 e. The summed E-state index contributed by atoms with van der Waals surface area (Å²) >= 11 is 1.70. The van der Waals surface area contributed by atoms with Gasteiger partial charge in [0, 0.05) is 36.6 Å². The van der Waals surface area contributed by atoms with E-state index in [0.29, 0.717) is 11.7 Å². The summed E-state index contributed by atoms with van der Waals surface area (Å²) in [6.45, 7) is 7.35. The zero-order valence-corrected chi connectivity index (χ0v) is 15.1. The lowest BCUT2D eigenvalue weighted by Crippen LogP contribution is -2.34. The molecule has 130 valence electrons. The number of aryl methyl sites for hydroxylation is 2. The molecule has 1 N–H and O–H groups in total. The number of urea groups is 1. The number of likely N-dealkylation sites (tertiary alicyclic amines) is 1. The molecule has 24 heavy (non-hydrogen) atoms. The van der Waals surface area contributed by atoms with Crippen LogP contribution >= 0.6 is 11.3 Å². The minimum absolute atomic E-state index is 0.101. The van der Waals surface area contributed by atoms with Crippen molar-refractivity contribution in [3.8, 4) is 0 Å². The molecule has 3 rings (SSSR count). The molecule has 1 fully saturated rings. The van der Waals surface area contributed by atoms with Gasteiger partial charge in [-0.05, 0) is 33.2 Å². The Hall–Kier alpha value is -1.93. The second-order valence-electron chi connectivity index (χ2n) is 6.43. The van der Waals surface area contributed by atoms with Crippen molar-refractivity contribution < 1.29 is 9.32 Å². The van der Waals surface area contributed by atoms with Crippen LogP contribution in [0.3, 0.4) is 0 Å². The Kier molecular flexibility index (Phi) is 5.15. The van der Waals surface area contributed by atoms with Crippen molar-refractivity contribution in [2.24, 2.45) is 5.92 Å². The van der Waals surface area contributed by atoms with Gasteiger partial charge >= 0.3 is 6.03 Å². The highest BCUT2D eigenvalue weighted by Gasteiger charge is 2.27. The Morgan fingerprint density at radius 3 is 3.04 bits per heavy atom. The number of hydrogen-bond acceptors (Lipinski definition) is 6. The largest absolute Gasteiger partial charge is 0.362 e.